The lowest BCUT2D eigenvalue weighted by Crippen LogP contribution is -2.27. The minimum absolute atomic E-state index is 0.0744. The van der Waals surface area contributed by atoms with Crippen LogP contribution in [0.5, 0.6) is 0 Å². The first-order chi connectivity index (χ1) is 9.52. The number of hydrogen-bond acceptors (Lipinski definition) is 3. The molecule has 0 aliphatic heterocycles. The summed E-state index contributed by atoms with van der Waals surface area (Å²) in [6.07, 6.45) is 0.649. The Morgan fingerprint density at radius 3 is 2.65 bits per heavy atom. The largest absolute Gasteiger partial charge is 0.360 e. The predicted octanol–water partition coefficient (Wildman–Crippen LogP) is 3.80. The molecule has 1 aromatic carbocycles. The zero-order chi connectivity index (χ0) is 14.7. The molecule has 2 rings (SSSR count). The molecule has 1 atom stereocenters. The lowest BCUT2D eigenvalue weighted by molar-refractivity contribution is 0.0937. The molecule has 0 bridgehead atoms. The summed E-state index contributed by atoms with van der Waals surface area (Å²) in [5, 5.41) is 6.84. The number of halogens is 1. The van der Waals surface area contributed by atoms with E-state index in [2.05, 4.69) is 26.4 Å². The highest BCUT2D eigenvalue weighted by molar-refractivity contribution is 9.10. The number of nitrogens with zero attached hydrogens (tertiary/aromatic N) is 1. The normalized spacial score (nSPS) is 12.2. The van der Waals surface area contributed by atoms with Crippen molar-refractivity contribution in [2.75, 3.05) is 0 Å². The maximum Gasteiger partial charge on any atom is 0.257 e. The Morgan fingerprint density at radius 1 is 1.40 bits per heavy atom. The molecule has 20 heavy (non-hydrogen) atoms. The number of carbonyl (C=O) groups is 1. The van der Waals surface area contributed by atoms with Crippen LogP contribution in [0.15, 0.2) is 33.3 Å². The highest BCUT2D eigenvalue weighted by Crippen LogP contribution is 2.19. The van der Waals surface area contributed by atoms with Crippen LogP contribution in [0.1, 0.15) is 47.3 Å². The van der Waals surface area contributed by atoms with Gasteiger partial charge in [0, 0.05) is 10.9 Å². The van der Waals surface area contributed by atoms with Gasteiger partial charge >= 0.3 is 0 Å². The summed E-state index contributed by atoms with van der Waals surface area (Å²) in [7, 11) is 0. The Labute approximate surface area is 126 Å². The van der Waals surface area contributed by atoms with Gasteiger partial charge in [0.2, 0.25) is 0 Å². The Balaban J connectivity index is 2.15. The summed E-state index contributed by atoms with van der Waals surface area (Å²) >= 11 is 3.40. The maximum atomic E-state index is 12.3. The van der Waals surface area contributed by atoms with Gasteiger partial charge in [-0.15, -0.1) is 0 Å². The lowest BCUT2D eigenvalue weighted by Gasteiger charge is -2.14. The molecule has 1 heterocycles. The van der Waals surface area contributed by atoms with Gasteiger partial charge in [0.1, 0.15) is 11.3 Å². The summed E-state index contributed by atoms with van der Waals surface area (Å²) in [6, 6.07) is 7.81. The van der Waals surface area contributed by atoms with Crippen molar-refractivity contribution >= 4 is 21.8 Å². The third-order valence-corrected chi connectivity index (χ3v) is 3.73. The molecule has 1 aromatic heterocycles. The van der Waals surface area contributed by atoms with Crippen LogP contribution in [-0.4, -0.2) is 11.1 Å². The molecule has 0 aliphatic carbocycles. The molecule has 0 fully saturated rings. The lowest BCUT2D eigenvalue weighted by atomic mass is 10.1. The van der Waals surface area contributed by atoms with Gasteiger partial charge in [-0.25, -0.2) is 0 Å². The van der Waals surface area contributed by atoms with E-state index in [-0.39, 0.29) is 11.9 Å². The molecule has 1 N–H and O–H groups in total. The van der Waals surface area contributed by atoms with Crippen LogP contribution in [0.3, 0.4) is 0 Å². The number of amides is 1. The third kappa shape index (κ3) is 3.10. The van der Waals surface area contributed by atoms with Gasteiger partial charge in [-0.05, 0) is 31.5 Å². The average Bonchev–Trinajstić information content (AvgIpc) is 2.80. The second kappa shape index (κ2) is 6.22. The van der Waals surface area contributed by atoms with E-state index in [0.717, 1.165) is 10.0 Å². The van der Waals surface area contributed by atoms with Crippen molar-refractivity contribution in [3.05, 3.63) is 51.3 Å². The number of hydrogen-bond donors (Lipinski definition) is 1. The zero-order valence-electron chi connectivity index (χ0n) is 11.7. The smallest absolute Gasteiger partial charge is 0.257 e. The first-order valence-corrected chi connectivity index (χ1v) is 7.33. The van der Waals surface area contributed by atoms with Crippen LogP contribution < -0.4 is 5.32 Å². The van der Waals surface area contributed by atoms with Crippen LogP contribution in [0.25, 0.3) is 0 Å². The highest BCUT2D eigenvalue weighted by Gasteiger charge is 2.20. The Hall–Kier alpha value is -1.62. The van der Waals surface area contributed by atoms with Gasteiger partial charge in [-0.2, -0.15) is 0 Å². The van der Waals surface area contributed by atoms with Gasteiger partial charge < -0.3 is 9.84 Å². The molecule has 4 nitrogen and oxygen atoms in total. The topological polar surface area (TPSA) is 55.1 Å². The minimum atomic E-state index is -0.143. The van der Waals surface area contributed by atoms with E-state index >= 15 is 0 Å². The van der Waals surface area contributed by atoms with Crippen molar-refractivity contribution in [3.63, 3.8) is 0 Å². The van der Waals surface area contributed by atoms with Crippen LogP contribution in [-0.2, 0) is 6.42 Å². The molecule has 5 heteroatoms. The predicted molar refractivity (Wildman–Crippen MR) is 80.6 cm³/mol. The molecule has 0 aliphatic rings. The zero-order valence-corrected chi connectivity index (χ0v) is 13.3. The van der Waals surface area contributed by atoms with Crippen molar-refractivity contribution in [2.45, 2.75) is 33.2 Å². The van der Waals surface area contributed by atoms with Gasteiger partial charge in [-0.1, -0.05) is 40.1 Å². The second-order valence-corrected chi connectivity index (χ2v) is 5.58. The van der Waals surface area contributed by atoms with Crippen molar-refractivity contribution in [1.82, 2.24) is 10.5 Å². The van der Waals surface area contributed by atoms with Crippen molar-refractivity contribution in [3.8, 4) is 0 Å². The standard InChI is InChI=1S/C15H17BrN2O2/c1-4-13-14(10(3)18-20-13)15(19)17-9(2)11-5-7-12(16)8-6-11/h5-9H,4H2,1-3H3,(H,17,19). The first kappa shape index (κ1) is 14.8. The van der Waals surface area contributed by atoms with Crippen LogP contribution >= 0.6 is 15.9 Å². The molecule has 106 valence electrons. The number of carbonyl (C=O) groups excluding carboxylic acids is 1. The van der Waals surface area contributed by atoms with Crippen molar-refractivity contribution in [2.24, 2.45) is 0 Å². The Kier molecular flexibility index (Phi) is 4.60. The summed E-state index contributed by atoms with van der Waals surface area (Å²) in [4.78, 5) is 12.3. The van der Waals surface area contributed by atoms with E-state index in [9.17, 15) is 4.79 Å². The molecular formula is C15H17BrN2O2. The summed E-state index contributed by atoms with van der Waals surface area (Å²) in [5.41, 5.74) is 2.23. The minimum Gasteiger partial charge on any atom is -0.360 e. The van der Waals surface area contributed by atoms with E-state index in [4.69, 9.17) is 4.52 Å². The molecule has 0 saturated carbocycles. The fraction of sp³-hybridized carbons (Fsp3) is 0.333. The molecule has 1 unspecified atom stereocenters. The van der Waals surface area contributed by atoms with Crippen molar-refractivity contribution in [1.29, 1.82) is 0 Å². The molecule has 0 radical (unpaired) electrons. The highest BCUT2D eigenvalue weighted by atomic mass is 79.9. The van der Waals surface area contributed by atoms with Crippen LogP contribution in [0, 0.1) is 6.92 Å². The van der Waals surface area contributed by atoms with Crippen LogP contribution in [0.2, 0.25) is 0 Å². The number of aryl methyl sites for hydroxylation is 2. The fourth-order valence-electron chi connectivity index (χ4n) is 2.05. The molecular weight excluding hydrogens is 320 g/mol. The molecule has 0 spiro atoms. The Bertz CT molecular complexity index is 605. The van der Waals surface area contributed by atoms with Crippen molar-refractivity contribution < 1.29 is 9.32 Å². The number of aromatic nitrogens is 1. The number of rotatable bonds is 4. The average molecular weight is 337 g/mol. The van der Waals surface area contributed by atoms with E-state index in [1.54, 1.807) is 6.92 Å². The van der Waals surface area contributed by atoms with E-state index in [1.807, 2.05) is 38.1 Å². The summed E-state index contributed by atoms with van der Waals surface area (Å²) in [6.45, 7) is 5.67. The summed E-state index contributed by atoms with van der Waals surface area (Å²) < 4.78 is 6.17. The fourth-order valence-corrected chi connectivity index (χ4v) is 2.32. The Morgan fingerprint density at radius 2 is 2.05 bits per heavy atom. The van der Waals surface area contributed by atoms with E-state index in [0.29, 0.717) is 23.4 Å². The van der Waals surface area contributed by atoms with E-state index in [1.165, 1.54) is 0 Å². The van der Waals surface area contributed by atoms with Gasteiger partial charge in [0.15, 0.2) is 0 Å². The SMILES string of the molecule is CCc1onc(C)c1C(=O)NC(C)c1ccc(Br)cc1. The first-order valence-electron chi connectivity index (χ1n) is 6.54. The molecule has 0 saturated heterocycles. The van der Waals surface area contributed by atoms with Gasteiger partial charge in [0.05, 0.1) is 11.7 Å². The maximum absolute atomic E-state index is 12.3. The third-order valence-electron chi connectivity index (χ3n) is 3.20. The molecule has 1 amide bonds. The van der Waals surface area contributed by atoms with Gasteiger partial charge in [-0.3, -0.25) is 4.79 Å². The number of nitrogens with one attached hydrogen (secondary N) is 1. The monoisotopic (exact) mass is 336 g/mol. The molecule has 2 aromatic rings. The van der Waals surface area contributed by atoms with Crippen LogP contribution in [0.4, 0.5) is 0 Å². The second-order valence-electron chi connectivity index (χ2n) is 4.67. The summed E-state index contributed by atoms with van der Waals surface area (Å²) in [5.74, 6) is 0.485. The van der Waals surface area contributed by atoms with Gasteiger partial charge in [0.25, 0.3) is 5.91 Å². The quantitative estimate of drug-likeness (QED) is 0.923. The van der Waals surface area contributed by atoms with E-state index < -0.39 is 0 Å². The number of benzene rings is 1.